The smallest absolute Gasteiger partial charge is 0.0803 e. The molecule has 1 spiro atoms. The van der Waals surface area contributed by atoms with Crippen LogP contribution < -0.4 is 0 Å². The molecule has 1 N–H and O–H groups in total. The lowest BCUT2D eigenvalue weighted by atomic mass is 9.71. The summed E-state index contributed by atoms with van der Waals surface area (Å²) in [6.07, 6.45) is 5.21. The normalized spacial score (nSPS) is 28.9. The zero-order valence-electron chi connectivity index (χ0n) is 10.7. The Morgan fingerprint density at radius 3 is 2.88 bits per heavy atom. The maximum Gasteiger partial charge on any atom is 0.0803 e. The molecule has 17 heavy (non-hydrogen) atoms. The summed E-state index contributed by atoms with van der Waals surface area (Å²) >= 11 is 0. The Hall–Kier alpha value is -0.160. The third-order valence-corrected chi connectivity index (χ3v) is 4.06. The van der Waals surface area contributed by atoms with E-state index in [1.165, 1.54) is 19.3 Å². The van der Waals surface area contributed by atoms with Crippen molar-refractivity contribution in [2.45, 2.75) is 43.8 Å². The SMILES string of the molecule is COCCOCC(O)C1CCOC2(CCC2)C1. The maximum absolute atomic E-state index is 10.1. The van der Waals surface area contributed by atoms with Gasteiger partial charge in [0, 0.05) is 13.7 Å². The van der Waals surface area contributed by atoms with Gasteiger partial charge in [-0.2, -0.15) is 0 Å². The second kappa shape index (κ2) is 6.14. The lowest BCUT2D eigenvalue weighted by Gasteiger charge is -2.48. The second-order valence-corrected chi connectivity index (χ2v) is 5.27. The Morgan fingerprint density at radius 1 is 1.41 bits per heavy atom. The number of aliphatic hydroxyl groups is 1. The number of methoxy groups -OCH3 is 1. The Bertz CT molecular complexity index is 227. The van der Waals surface area contributed by atoms with E-state index in [0.29, 0.717) is 25.7 Å². The Balaban J connectivity index is 1.69. The van der Waals surface area contributed by atoms with Gasteiger partial charge in [-0.1, -0.05) is 0 Å². The van der Waals surface area contributed by atoms with Gasteiger partial charge >= 0.3 is 0 Å². The molecular weight excluding hydrogens is 220 g/mol. The number of hydrogen-bond donors (Lipinski definition) is 1. The third-order valence-electron chi connectivity index (χ3n) is 4.06. The highest BCUT2D eigenvalue weighted by molar-refractivity contribution is 4.95. The van der Waals surface area contributed by atoms with Crippen molar-refractivity contribution in [3.05, 3.63) is 0 Å². The van der Waals surface area contributed by atoms with E-state index in [1.807, 2.05) is 0 Å². The first kappa shape index (κ1) is 13.3. The standard InChI is InChI=1S/C13H24O4/c1-15-7-8-16-10-12(14)11-3-6-17-13(9-11)4-2-5-13/h11-12,14H,2-10H2,1H3. The molecule has 0 aromatic rings. The molecule has 1 heterocycles. The average molecular weight is 244 g/mol. The molecule has 1 aliphatic carbocycles. The van der Waals surface area contributed by atoms with Crippen LogP contribution in [0.2, 0.25) is 0 Å². The van der Waals surface area contributed by atoms with E-state index >= 15 is 0 Å². The monoisotopic (exact) mass is 244 g/mol. The molecule has 1 saturated heterocycles. The fraction of sp³-hybridized carbons (Fsp3) is 1.00. The van der Waals surface area contributed by atoms with Crippen LogP contribution in [0.15, 0.2) is 0 Å². The first-order valence-electron chi connectivity index (χ1n) is 6.64. The van der Waals surface area contributed by atoms with Crippen molar-refractivity contribution in [2.75, 3.05) is 33.5 Å². The molecule has 0 bridgehead atoms. The van der Waals surface area contributed by atoms with Crippen molar-refractivity contribution in [1.82, 2.24) is 0 Å². The molecule has 1 aliphatic heterocycles. The minimum atomic E-state index is -0.353. The Morgan fingerprint density at radius 2 is 2.24 bits per heavy atom. The highest BCUT2D eigenvalue weighted by Crippen LogP contribution is 2.44. The van der Waals surface area contributed by atoms with E-state index in [-0.39, 0.29) is 11.7 Å². The molecule has 2 rings (SSSR count). The van der Waals surface area contributed by atoms with E-state index in [1.54, 1.807) is 7.11 Å². The van der Waals surface area contributed by atoms with Gasteiger partial charge in [-0.25, -0.2) is 0 Å². The van der Waals surface area contributed by atoms with Gasteiger partial charge in [-0.3, -0.25) is 0 Å². The van der Waals surface area contributed by atoms with Crippen molar-refractivity contribution in [3.63, 3.8) is 0 Å². The number of hydrogen-bond acceptors (Lipinski definition) is 4. The lowest BCUT2D eigenvalue weighted by Crippen LogP contribution is -2.48. The third kappa shape index (κ3) is 3.41. The van der Waals surface area contributed by atoms with Crippen molar-refractivity contribution in [3.8, 4) is 0 Å². The quantitative estimate of drug-likeness (QED) is 0.717. The lowest BCUT2D eigenvalue weighted by molar-refractivity contribution is -0.161. The van der Waals surface area contributed by atoms with Crippen molar-refractivity contribution >= 4 is 0 Å². The molecule has 100 valence electrons. The van der Waals surface area contributed by atoms with Crippen molar-refractivity contribution < 1.29 is 19.3 Å². The van der Waals surface area contributed by atoms with Crippen LogP contribution in [-0.2, 0) is 14.2 Å². The number of ether oxygens (including phenoxy) is 3. The molecule has 2 unspecified atom stereocenters. The maximum atomic E-state index is 10.1. The summed E-state index contributed by atoms with van der Waals surface area (Å²) < 4.78 is 16.1. The fourth-order valence-corrected chi connectivity index (χ4v) is 2.80. The second-order valence-electron chi connectivity index (χ2n) is 5.27. The van der Waals surface area contributed by atoms with Crippen LogP contribution in [0, 0.1) is 5.92 Å². The molecule has 0 amide bonds. The van der Waals surface area contributed by atoms with Gasteiger partial charge < -0.3 is 19.3 Å². The van der Waals surface area contributed by atoms with Gasteiger partial charge in [0.15, 0.2) is 0 Å². The summed E-state index contributed by atoms with van der Waals surface area (Å²) in [7, 11) is 1.65. The largest absolute Gasteiger partial charge is 0.390 e. The molecule has 1 saturated carbocycles. The van der Waals surface area contributed by atoms with Crippen molar-refractivity contribution in [2.24, 2.45) is 5.92 Å². The van der Waals surface area contributed by atoms with Crippen molar-refractivity contribution in [1.29, 1.82) is 0 Å². The molecule has 2 atom stereocenters. The summed E-state index contributed by atoms with van der Waals surface area (Å²) in [6.45, 7) is 2.36. The van der Waals surface area contributed by atoms with Crippen LogP contribution in [0.1, 0.15) is 32.1 Å². The van der Waals surface area contributed by atoms with Crippen LogP contribution in [-0.4, -0.2) is 50.3 Å². The zero-order valence-corrected chi connectivity index (χ0v) is 10.7. The van der Waals surface area contributed by atoms with E-state index < -0.39 is 0 Å². The molecular formula is C13H24O4. The van der Waals surface area contributed by atoms with Crippen LogP contribution in [0.4, 0.5) is 0 Å². The predicted octanol–water partition coefficient (Wildman–Crippen LogP) is 1.36. The van der Waals surface area contributed by atoms with Gasteiger partial charge in [-0.05, 0) is 38.0 Å². The summed E-state index contributed by atoms with van der Waals surface area (Å²) in [5, 5.41) is 10.1. The van der Waals surface area contributed by atoms with Gasteiger partial charge in [0.25, 0.3) is 0 Å². The molecule has 2 aliphatic rings. The predicted molar refractivity (Wildman–Crippen MR) is 64.0 cm³/mol. The average Bonchev–Trinajstić information content (AvgIpc) is 2.32. The fourth-order valence-electron chi connectivity index (χ4n) is 2.80. The summed E-state index contributed by atoms with van der Waals surface area (Å²) in [5.74, 6) is 0.339. The van der Waals surface area contributed by atoms with Gasteiger partial charge in [-0.15, -0.1) is 0 Å². The Labute approximate surface area is 103 Å². The minimum absolute atomic E-state index is 0.108. The van der Waals surface area contributed by atoms with Crippen LogP contribution in [0.25, 0.3) is 0 Å². The summed E-state index contributed by atoms with van der Waals surface area (Å²) in [4.78, 5) is 0. The van der Waals surface area contributed by atoms with Gasteiger partial charge in [0.1, 0.15) is 0 Å². The molecule has 4 nitrogen and oxygen atoms in total. The number of aliphatic hydroxyl groups excluding tert-OH is 1. The minimum Gasteiger partial charge on any atom is -0.390 e. The van der Waals surface area contributed by atoms with Gasteiger partial charge in [0.2, 0.25) is 0 Å². The first-order chi connectivity index (χ1) is 8.26. The van der Waals surface area contributed by atoms with Crippen LogP contribution >= 0.6 is 0 Å². The van der Waals surface area contributed by atoms with E-state index in [2.05, 4.69) is 0 Å². The van der Waals surface area contributed by atoms with Gasteiger partial charge in [0.05, 0.1) is 31.5 Å². The molecule has 0 aromatic carbocycles. The molecule has 0 aromatic heterocycles. The van der Waals surface area contributed by atoms with Crippen LogP contribution in [0.5, 0.6) is 0 Å². The van der Waals surface area contributed by atoms with E-state index in [9.17, 15) is 5.11 Å². The highest BCUT2D eigenvalue weighted by atomic mass is 16.5. The summed E-state index contributed by atoms with van der Waals surface area (Å²) in [6, 6.07) is 0. The topological polar surface area (TPSA) is 47.9 Å². The number of rotatable bonds is 6. The summed E-state index contributed by atoms with van der Waals surface area (Å²) in [5.41, 5.74) is 0.108. The Kier molecular flexibility index (Phi) is 4.79. The van der Waals surface area contributed by atoms with Crippen LogP contribution in [0.3, 0.4) is 0 Å². The van der Waals surface area contributed by atoms with E-state index in [4.69, 9.17) is 14.2 Å². The first-order valence-corrected chi connectivity index (χ1v) is 6.64. The highest BCUT2D eigenvalue weighted by Gasteiger charge is 2.44. The zero-order chi connectivity index (χ0) is 12.1. The van der Waals surface area contributed by atoms with E-state index in [0.717, 1.165) is 19.4 Å². The molecule has 0 radical (unpaired) electrons. The molecule has 4 heteroatoms. The molecule has 2 fully saturated rings.